The fourth-order valence-electron chi connectivity index (χ4n) is 3.65. The third-order valence-corrected chi connectivity index (χ3v) is 4.32. The van der Waals surface area contributed by atoms with E-state index in [2.05, 4.69) is 37.7 Å². The largest absolute Gasteiger partial charge is 0.241 e. The number of hydrogen-bond donors (Lipinski definition) is 0. The predicted molar refractivity (Wildman–Crippen MR) is 69.1 cm³/mol. The number of piperidine rings is 2. The smallest absolute Gasteiger partial charge is 0.0220 e. The van der Waals surface area contributed by atoms with Gasteiger partial charge >= 0.3 is 0 Å². The topological polar surface area (TPSA) is 6.48 Å². The Labute approximate surface area is 101 Å². The maximum absolute atomic E-state index is 2.66. The van der Waals surface area contributed by atoms with Crippen LogP contribution >= 0.6 is 0 Å². The highest BCUT2D eigenvalue weighted by Crippen LogP contribution is 2.28. The van der Waals surface area contributed by atoms with Crippen molar-refractivity contribution in [2.75, 3.05) is 19.6 Å². The molecule has 4 atom stereocenters. The first-order valence-corrected chi connectivity index (χ1v) is 7.07. The molecule has 0 N–H and O–H groups in total. The average Bonchev–Trinajstić information content (AvgIpc) is 2.15. The van der Waals surface area contributed by atoms with Crippen molar-refractivity contribution in [1.29, 1.82) is 0 Å². The van der Waals surface area contributed by atoms with Crippen molar-refractivity contribution in [3.63, 3.8) is 0 Å². The van der Waals surface area contributed by atoms with Crippen LogP contribution in [0.4, 0.5) is 0 Å². The zero-order valence-electron chi connectivity index (χ0n) is 11.4. The van der Waals surface area contributed by atoms with E-state index in [0.717, 1.165) is 23.8 Å². The minimum atomic E-state index is 0.751. The number of hydrazine groups is 1. The lowest BCUT2D eigenvalue weighted by Crippen LogP contribution is -2.55. The third-order valence-electron chi connectivity index (χ3n) is 4.32. The van der Waals surface area contributed by atoms with Crippen LogP contribution in [0.25, 0.3) is 0 Å². The van der Waals surface area contributed by atoms with Crippen molar-refractivity contribution < 1.29 is 0 Å². The molecule has 2 saturated heterocycles. The highest BCUT2D eigenvalue weighted by Gasteiger charge is 2.31. The Morgan fingerprint density at radius 1 is 0.812 bits per heavy atom. The van der Waals surface area contributed by atoms with E-state index in [1.807, 2.05) is 0 Å². The summed E-state index contributed by atoms with van der Waals surface area (Å²) >= 11 is 0. The molecule has 0 aromatic carbocycles. The molecule has 0 radical (unpaired) electrons. The highest BCUT2D eigenvalue weighted by atomic mass is 15.6. The van der Waals surface area contributed by atoms with E-state index >= 15 is 0 Å². The Balaban J connectivity index is 1.95. The van der Waals surface area contributed by atoms with Crippen molar-refractivity contribution >= 4 is 0 Å². The molecule has 2 rings (SSSR count). The summed E-state index contributed by atoms with van der Waals surface area (Å²) in [5, 5.41) is 5.31. The Morgan fingerprint density at radius 2 is 1.44 bits per heavy atom. The quantitative estimate of drug-likeness (QED) is 0.675. The molecule has 16 heavy (non-hydrogen) atoms. The molecule has 2 aliphatic heterocycles. The molecular formula is C14H28N2. The van der Waals surface area contributed by atoms with Gasteiger partial charge in [0.05, 0.1) is 0 Å². The van der Waals surface area contributed by atoms with Gasteiger partial charge in [0.15, 0.2) is 0 Å². The van der Waals surface area contributed by atoms with Gasteiger partial charge in [0.1, 0.15) is 0 Å². The van der Waals surface area contributed by atoms with Gasteiger partial charge in [-0.1, -0.05) is 20.8 Å². The van der Waals surface area contributed by atoms with Crippen molar-refractivity contribution in [2.24, 2.45) is 17.8 Å². The fraction of sp³-hybridized carbons (Fsp3) is 1.00. The molecule has 0 aliphatic carbocycles. The number of hydrogen-bond acceptors (Lipinski definition) is 2. The van der Waals surface area contributed by atoms with E-state index < -0.39 is 0 Å². The molecule has 0 aromatic rings. The second kappa shape index (κ2) is 5.05. The van der Waals surface area contributed by atoms with E-state index in [1.165, 1.54) is 38.9 Å². The molecule has 2 aliphatic rings. The zero-order chi connectivity index (χ0) is 11.7. The van der Waals surface area contributed by atoms with Crippen LogP contribution < -0.4 is 0 Å². The Hall–Kier alpha value is -0.0800. The maximum Gasteiger partial charge on any atom is 0.0220 e. The van der Waals surface area contributed by atoms with Crippen molar-refractivity contribution in [2.45, 2.75) is 53.0 Å². The zero-order valence-corrected chi connectivity index (χ0v) is 11.4. The third kappa shape index (κ3) is 2.78. The lowest BCUT2D eigenvalue weighted by molar-refractivity contribution is -0.111. The summed E-state index contributed by atoms with van der Waals surface area (Å²) in [4.78, 5) is 0. The summed E-state index contributed by atoms with van der Waals surface area (Å²) in [7, 11) is 0. The molecule has 4 unspecified atom stereocenters. The molecule has 2 heteroatoms. The minimum Gasteiger partial charge on any atom is -0.241 e. The Kier molecular flexibility index (Phi) is 3.91. The Bertz CT molecular complexity index is 219. The molecule has 2 heterocycles. The summed E-state index contributed by atoms with van der Waals surface area (Å²) in [6.45, 7) is 13.4. The van der Waals surface area contributed by atoms with Gasteiger partial charge in [-0.05, 0) is 43.9 Å². The van der Waals surface area contributed by atoms with E-state index in [9.17, 15) is 0 Å². The van der Waals surface area contributed by atoms with Crippen LogP contribution in [0.1, 0.15) is 47.0 Å². The van der Waals surface area contributed by atoms with Gasteiger partial charge in [-0.2, -0.15) is 0 Å². The summed E-state index contributed by atoms with van der Waals surface area (Å²) in [6, 6.07) is 0.751. The molecular weight excluding hydrogens is 196 g/mol. The summed E-state index contributed by atoms with van der Waals surface area (Å²) in [5.41, 5.74) is 0. The molecule has 94 valence electrons. The SMILES string of the molecule is CC1CCN(N2CC(C)CC(C)C2)C(C)C1. The molecule has 2 nitrogen and oxygen atoms in total. The van der Waals surface area contributed by atoms with Gasteiger partial charge in [-0.25, -0.2) is 10.0 Å². The van der Waals surface area contributed by atoms with Crippen LogP contribution in [0.3, 0.4) is 0 Å². The van der Waals surface area contributed by atoms with Crippen molar-refractivity contribution in [3.8, 4) is 0 Å². The predicted octanol–water partition coefficient (Wildman–Crippen LogP) is 3.00. The second-order valence-electron chi connectivity index (χ2n) is 6.46. The van der Waals surface area contributed by atoms with Crippen LogP contribution in [0.2, 0.25) is 0 Å². The van der Waals surface area contributed by atoms with E-state index in [1.54, 1.807) is 0 Å². The van der Waals surface area contributed by atoms with E-state index in [0.29, 0.717) is 0 Å². The van der Waals surface area contributed by atoms with Crippen LogP contribution in [-0.4, -0.2) is 35.7 Å². The number of nitrogens with zero attached hydrogens (tertiary/aromatic N) is 2. The first-order valence-electron chi connectivity index (χ1n) is 7.07. The van der Waals surface area contributed by atoms with Crippen LogP contribution in [0.5, 0.6) is 0 Å². The lowest BCUT2D eigenvalue weighted by Gasteiger charge is -2.47. The van der Waals surface area contributed by atoms with Gasteiger partial charge in [0, 0.05) is 25.7 Å². The lowest BCUT2D eigenvalue weighted by atomic mass is 9.91. The normalized spacial score (nSPS) is 43.5. The average molecular weight is 224 g/mol. The molecule has 0 amide bonds. The minimum absolute atomic E-state index is 0.751. The number of rotatable bonds is 1. The first-order chi connectivity index (χ1) is 7.56. The summed E-state index contributed by atoms with van der Waals surface area (Å²) in [6.07, 6.45) is 4.16. The van der Waals surface area contributed by atoms with Gasteiger partial charge in [-0.15, -0.1) is 0 Å². The van der Waals surface area contributed by atoms with Crippen LogP contribution in [0, 0.1) is 17.8 Å². The molecule has 0 saturated carbocycles. The Morgan fingerprint density at radius 3 is 2.00 bits per heavy atom. The summed E-state index contributed by atoms with van der Waals surface area (Å²) < 4.78 is 0. The van der Waals surface area contributed by atoms with E-state index in [-0.39, 0.29) is 0 Å². The molecule has 0 spiro atoms. The van der Waals surface area contributed by atoms with Gasteiger partial charge in [-0.3, -0.25) is 0 Å². The summed E-state index contributed by atoms with van der Waals surface area (Å²) in [5.74, 6) is 2.66. The van der Waals surface area contributed by atoms with Gasteiger partial charge < -0.3 is 0 Å². The maximum atomic E-state index is 2.66. The molecule has 2 fully saturated rings. The first kappa shape index (κ1) is 12.4. The van der Waals surface area contributed by atoms with Crippen LogP contribution in [0.15, 0.2) is 0 Å². The standard InChI is InChI=1S/C14H28N2/c1-11-5-6-16(14(4)8-11)15-9-12(2)7-13(3)10-15/h11-14H,5-10H2,1-4H3. The van der Waals surface area contributed by atoms with Crippen LogP contribution in [-0.2, 0) is 0 Å². The molecule has 0 aromatic heterocycles. The second-order valence-corrected chi connectivity index (χ2v) is 6.46. The highest BCUT2D eigenvalue weighted by molar-refractivity contribution is 4.80. The fourth-order valence-corrected chi connectivity index (χ4v) is 3.65. The molecule has 0 bridgehead atoms. The monoisotopic (exact) mass is 224 g/mol. The van der Waals surface area contributed by atoms with E-state index in [4.69, 9.17) is 0 Å². The van der Waals surface area contributed by atoms with Crippen molar-refractivity contribution in [1.82, 2.24) is 10.0 Å². The van der Waals surface area contributed by atoms with Gasteiger partial charge in [0.25, 0.3) is 0 Å². The van der Waals surface area contributed by atoms with Crippen molar-refractivity contribution in [3.05, 3.63) is 0 Å². The van der Waals surface area contributed by atoms with Gasteiger partial charge in [0.2, 0.25) is 0 Å².